The van der Waals surface area contributed by atoms with Crippen LogP contribution in [0.2, 0.25) is 0 Å². The molecule has 0 aliphatic heterocycles. The van der Waals surface area contributed by atoms with E-state index in [1.54, 1.807) is 6.07 Å². The summed E-state index contributed by atoms with van der Waals surface area (Å²) < 4.78 is 5.09. The van der Waals surface area contributed by atoms with Gasteiger partial charge in [-0.15, -0.1) is 0 Å². The number of methoxy groups -OCH3 is 1. The fraction of sp³-hybridized carbons (Fsp3) is 0.176. The monoisotopic (exact) mass is 282 g/mol. The summed E-state index contributed by atoms with van der Waals surface area (Å²) in [5, 5.41) is 25.3. The molecular formula is C17H18N2O2. The highest BCUT2D eigenvalue weighted by molar-refractivity contribution is 5.92. The fourth-order valence-electron chi connectivity index (χ4n) is 2.28. The number of phenolic OH excluding ortho intramolecular Hbond substituents is 1. The number of hydrogen-bond acceptors (Lipinski definition) is 4. The molecular weight excluding hydrogens is 264 g/mol. The van der Waals surface area contributed by atoms with Gasteiger partial charge in [-0.1, -0.05) is 29.8 Å². The van der Waals surface area contributed by atoms with E-state index in [0.717, 1.165) is 17.3 Å². The van der Waals surface area contributed by atoms with E-state index in [-0.39, 0.29) is 11.5 Å². The van der Waals surface area contributed by atoms with Crippen molar-refractivity contribution in [3.05, 3.63) is 58.1 Å². The standard InChI is InChI=1S/C17H18N2O2/c1-11-3-5-12(6-4-11)7-14-13(9-18)8-16(21-2)17(20)15(14)10-19/h3-6,8-10,18-20H,7H2,1-2H3. The van der Waals surface area contributed by atoms with Crippen molar-refractivity contribution in [1.29, 1.82) is 10.8 Å². The molecule has 0 bridgehead atoms. The molecule has 0 spiro atoms. The average Bonchev–Trinajstić information content (AvgIpc) is 2.50. The van der Waals surface area contributed by atoms with E-state index >= 15 is 0 Å². The van der Waals surface area contributed by atoms with Crippen molar-refractivity contribution in [2.45, 2.75) is 13.3 Å². The van der Waals surface area contributed by atoms with E-state index in [0.29, 0.717) is 17.5 Å². The molecule has 0 fully saturated rings. The van der Waals surface area contributed by atoms with Crippen molar-refractivity contribution in [2.24, 2.45) is 0 Å². The van der Waals surface area contributed by atoms with E-state index in [2.05, 4.69) is 0 Å². The van der Waals surface area contributed by atoms with Gasteiger partial charge >= 0.3 is 0 Å². The van der Waals surface area contributed by atoms with E-state index in [1.165, 1.54) is 18.9 Å². The number of phenols is 1. The van der Waals surface area contributed by atoms with Gasteiger partial charge in [0.15, 0.2) is 11.5 Å². The molecule has 0 aliphatic carbocycles. The van der Waals surface area contributed by atoms with Crippen LogP contribution in [-0.4, -0.2) is 24.6 Å². The number of nitrogens with one attached hydrogen (secondary N) is 2. The van der Waals surface area contributed by atoms with Crippen molar-refractivity contribution in [3.63, 3.8) is 0 Å². The summed E-state index contributed by atoms with van der Waals surface area (Å²) in [6, 6.07) is 9.69. The third-order valence-electron chi connectivity index (χ3n) is 3.47. The molecule has 0 aliphatic rings. The third-order valence-corrected chi connectivity index (χ3v) is 3.47. The molecule has 108 valence electrons. The Balaban J connectivity index is 2.55. The molecule has 0 saturated carbocycles. The molecule has 0 radical (unpaired) electrons. The topological polar surface area (TPSA) is 77.2 Å². The van der Waals surface area contributed by atoms with Gasteiger partial charge in [-0.2, -0.15) is 0 Å². The van der Waals surface area contributed by atoms with Crippen LogP contribution < -0.4 is 4.74 Å². The minimum absolute atomic E-state index is 0.0554. The van der Waals surface area contributed by atoms with Crippen LogP contribution >= 0.6 is 0 Å². The molecule has 0 amide bonds. The van der Waals surface area contributed by atoms with Gasteiger partial charge in [0, 0.05) is 23.6 Å². The Bertz CT molecular complexity index is 676. The van der Waals surface area contributed by atoms with Gasteiger partial charge in [-0.25, -0.2) is 0 Å². The van der Waals surface area contributed by atoms with Gasteiger partial charge in [0.2, 0.25) is 0 Å². The van der Waals surface area contributed by atoms with Gasteiger partial charge in [0.25, 0.3) is 0 Å². The van der Waals surface area contributed by atoms with Crippen LogP contribution in [0.3, 0.4) is 0 Å². The van der Waals surface area contributed by atoms with Crippen molar-refractivity contribution in [2.75, 3.05) is 7.11 Å². The molecule has 0 aromatic heterocycles. The quantitative estimate of drug-likeness (QED) is 0.736. The second kappa shape index (κ2) is 6.22. The smallest absolute Gasteiger partial charge is 0.166 e. The zero-order valence-electron chi connectivity index (χ0n) is 12.1. The molecule has 2 aromatic carbocycles. The van der Waals surface area contributed by atoms with Crippen LogP contribution in [0.25, 0.3) is 0 Å². The predicted octanol–water partition coefficient (Wildman–Crippen LogP) is 3.30. The predicted molar refractivity (Wildman–Crippen MR) is 84.4 cm³/mol. The lowest BCUT2D eigenvalue weighted by atomic mass is 9.94. The number of aryl methyl sites for hydroxylation is 1. The van der Waals surface area contributed by atoms with Crippen LogP contribution in [0.15, 0.2) is 30.3 Å². The summed E-state index contributed by atoms with van der Waals surface area (Å²) in [7, 11) is 1.45. The fourth-order valence-corrected chi connectivity index (χ4v) is 2.28. The Morgan fingerprint density at radius 2 is 1.81 bits per heavy atom. The van der Waals surface area contributed by atoms with Crippen molar-refractivity contribution >= 4 is 12.4 Å². The van der Waals surface area contributed by atoms with Crippen molar-refractivity contribution < 1.29 is 9.84 Å². The maximum absolute atomic E-state index is 10.2. The van der Waals surface area contributed by atoms with E-state index in [9.17, 15) is 5.11 Å². The van der Waals surface area contributed by atoms with Gasteiger partial charge in [0.05, 0.1) is 7.11 Å². The van der Waals surface area contributed by atoms with Crippen LogP contribution in [0, 0.1) is 17.7 Å². The number of rotatable bonds is 5. The Labute approximate surface area is 124 Å². The number of aromatic hydroxyl groups is 1. The number of benzene rings is 2. The van der Waals surface area contributed by atoms with Gasteiger partial charge in [-0.05, 0) is 30.5 Å². The number of ether oxygens (including phenoxy) is 1. The highest BCUT2D eigenvalue weighted by atomic mass is 16.5. The zero-order valence-corrected chi connectivity index (χ0v) is 12.1. The number of hydrogen-bond donors (Lipinski definition) is 3. The second-order valence-electron chi connectivity index (χ2n) is 4.86. The second-order valence-corrected chi connectivity index (χ2v) is 4.86. The summed E-state index contributed by atoms with van der Waals surface area (Å²) >= 11 is 0. The molecule has 21 heavy (non-hydrogen) atoms. The third kappa shape index (κ3) is 2.94. The Kier molecular flexibility index (Phi) is 4.38. The normalized spacial score (nSPS) is 10.2. The molecule has 3 N–H and O–H groups in total. The van der Waals surface area contributed by atoms with Gasteiger partial charge < -0.3 is 20.7 Å². The molecule has 0 unspecified atom stereocenters. The molecule has 0 heterocycles. The largest absolute Gasteiger partial charge is 0.504 e. The maximum atomic E-state index is 10.2. The minimum Gasteiger partial charge on any atom is -0.504 e. The highest BCUT2D eigenvalue weighted by Crippen LogP contribution is 2.34. The van der Waals surface area contributed by atoms with E-state index in [4.69, 9.17) is 15.6 Å². The first-order valence-electron chi connectivity index (χ1n) is 6.60. The van der Waals surface area contributed by atoms with Crippen LogP contribution in [0.1, 0.15) is 27.8 Å². The Morgan fingerprint density at radius 1 is 1.14 bits per heavy atom. The maximum Gasteiger partial charge on any atom is 0.166 e. The van der Waals surface area contributed by atoms with Crippen molar-refractivity contribution in [3.8, 4) is 11.5 Å². The summed E-state index contributed by atoms with van der Waals surface area (Å²) in [6.45, 7) is 2.02. The minimum atomic E-state index is -0.0554. The zero-order chi connectivity index (χ0) is 15.4. The average molecular weight is 282 g/mol. The Morgan fingerprint density at radius 3 is 2.33 bits per heavy atom. The summed E-state index contributed by atoms with van der Waals surface area (Å²) in [5.41, 5.74) is 4.03. The molecule has 4 heteroatoms. The van der Waals surface area contributed by atoms with Gasteiger partial charge in [0.1, 0.15) is 0 Å². The summed E-state index contributed by atoms with van der Waals surface area (Å²) in [4.78, 5) is 0. The van der Waals surface area contributed by atoms with Gasteiger partial charge in [-0.3, -0.25) is 0 Å². The first kappa shape index (κ1) is 14.8. The van der Waals surface area contributed by atoms with Crippen LogP contribution in [0.5, 0.6) is 11.5 Å². The highest BCUT2D eigenvalue weighted by Gasteiger charge is 2.16. The molecule has 0 saturated heterocycles. The van der Waals surface area contributed by atoms with Crippen LogP contribution in [-0.2, 0) is 6.42 Å². The first-order valence-corrected chi connectivity index (χ1v) is 6.60. The molecule has 4 nitrogen and oxygen atoms in total. The van der Waals surface area contributed by atoms with Crippen LogP contribution in [0.4, 0.5) is 0 Å². The molecule has 0 atom stereocenters. The Hall–Kier alpha value is -2.62. The first-order chi connectivity index (χ1) is 10.1. The van der Waals surface area contributed by atoms with E-state index < -0.39 is 0 Å². The van der Waals surface area contributed by atoms with E-state index in [1.807, 2.05) is 31.2 Å². The lowest BCUT2D eigenvalue weighted by molar-refractivity contribution is 0.372. The SMILES string of the molecule is COc1cc(C=N)c(Cc2ccc(C)cc2)c(C=N)c1O. The summed E-state index contributed by atoms with van der Waals surface area (Å²) in [6.07, 6.45) is 2.88. The lowest BCUT2D eigenvalue weighted by Gasteiger charge is -2.14. The summed E-state index contributed by atoms with van der Waals surface area (Å²) in [5.74, 6) is 0.222. The molecule has 2 aromatic rings. The molecule has 2 rings (SSSR count). The lowest BCUT2D eigenvalue weighted by Crippen LogP contribution is -2.03. The van der Waals surface area contributed by atoms with Crippen molar-refractivity contribution in [1.82, 2.24) is 0 Å².